The van der Waals surface area contributed by atoms with Crippen molar-refractivity contribution in [1.82, 2.24) is 0 Å². The highest BCUT2D eigenvalue weighted by Gasteiger charge is 2.32. The number of anilines is 1. The number of amides is 1. The molecule has 2 rings (SSSR count). The van der Waals surface area contributed by atoms with Gasteiger partial charge in [0.1, 0.15) is 5.75 Å². The van der Waals surface area contributed by atoms with Crippen LogP contribution in [0.25, 0.3) is 0 Å². The molecule has 0 heterocycles. The van der Waals surface area contributed by atoms with Crippen LogP contribution in [0.1, 0.15) is 19.3 Å². The van der Waals surface area contributed by atoms with Crippen LogP contribution in [-0.4, -0.2) is 18.3 Å². The molecule has 1 aromatic carbocycles. The minimum Gasteiger partial charge on any atom is -0.405 e. The number of benzene rings is 1. The largest absolute Gasteiger partial charge is 0.573 e. The Balaban J connectivity index is 1.94. The van der Waals surface area contributed by atoms with Crippen LogP contribution in [-0.2, 0) is 4.79 Å². The van der Waals surface area contributed by atoms with Crippen molar-refractivity contribution >= 4 is 27.5 Å². The summed E-state index contributed by atoms with van der Waals surface area (Å²) >= 11 is 2.97. The molecule has 1 fully saturated rings. The molecule has 3 N–H and O–H groups in total. The Morgan fingerprint density at radius 3 is 2.67 bits per heavy atom. The van der Waals surface area contributed by atoms with Crippen LogP contribution < -0.4 is 15.8 Å². The van der Waals surface area contributed by atoms with E-state index in [1.807, 2.05) is 0 Å². The average molecular weight is 367 g/mol. The van der Waals surface area contributed by atoms with Gasteiger partial charge in [0.25, 0.3) is 0 Å². The lowest BCUT2D eigenvalue weighted by Gasteiger charge is -2.13. The van der Waals surface area contributed by atoms with Gasteiger partial charge >= 0.3 is 6.36 Å². The second-order valence-electron chi connectivity index (χ2n) is 4.95. The Labute approximate surface area is 128 Å². The van der Waals surface area contributed by atoms with Crippen LogP contribution >= 0.6 is 15.9 Å². The number of nitrogens with two attached hydrogens (primary N) is 1. The highest BCUT2D eigenvalue weighted by atomic mass is 79.9. The Morgan fingerprint density at radius 2 is 2.14 bits per heavy atom. The third-order valence-electron chi connectivity index (χ3n) is 3.09. The second kappa shape index (κ2) is 6.23. The molecule has 1 atom stereocenters. The van der Waals surface area contributed by atoms with Gasteiger partial charge in [-0.25, -0.2) is 0 Å². The van der Waals surface area contributed by atoms with E-state index in [4.69, 9.17) is 5.73 Å². The number of halogens is 4. The lowest BCUT2D eigenvalue weighted by Crippen LogP contribution is -2.28. The average Bonchev–Trinajstić information content (AvgIpc) is 3.15. The number of hydrogen-bond acceptors (Lipinski definition) is 3. The monoisotopic (exact) mass is 366 g/mol. The van der Waals surface area contributed by atoms with Crippen molar-refractivity contribution in [2.24, 2.45) is 11.7 Å². The molecule has 0 radical (unpaired) electrons. The van der Waals surface area contributed by atoms with Gasteiger partial charge in [0, 0.05) is 18.2 Å². The van der Waals surface area contributed by atoms with Gasteiger partial charge in [-0.3, -0.25) is 4.79 Å². The summed E-state index contributed by atoms with van der Waals surface area (Å²) in [7, 11) is 0. The second-order valence-corrected chi connectivity index (χ2v) is 5.80. The lowest BCUT2D eigenvalue weighted by molar-refractivity contribution is -0.274. The first-order valence-electron chi connectivity index (χ1n) is 6.35. The van der Waals surface area contributed by atoms with Gasteiger partial charge in [-0.05, 0) is 52.9 Å². The number of nitrogens with one attached hydrogen (secondary N) is 1. The van der Waals surface area contributed by atoms with E-state index in [-0.39, 0.29) is 28.6 Å². The molecule has 8 heteroatoms. The zero-order valence-electron chi connectivity index (χ0n) is 10.9. The zero-order chi connectivity index (χ0) is 15.6. The third kappa shape index (κ3) is 5.20. The first-order valence-corrected chi connectivity index (χ1v) is 7.14. The van der Waals surface area contributed by atoms with E-state index >= 15 is 0 Å². The van der Waals surface area contributed by atoms with Crippen molar-refractivity contribution < 1.29 is 22.7 Å². The standard InChI is InChI=1S/C13H14BrF3N2O2/c14-9-5-8(3-4-11(9)21-13(15,16)17)19-12(20)6-10(18)7-1-2-7/h3-5,7,10H,1-2,6,18H2,(H,19,20). The van der Waals surface area contributed by atoms with Gasteiger partial charge in [0.05, 0.1) is 4.47 Å². The van der Waals surface area contributed by atoms with E-state index in [0.717, 1.165) is 18.9 Å². The number of carbonyl (C=O) groups is 1. The highest BCUT2D eigenvalue weighted by Crippen LogP contribution is 2.34. The molecular weight excluding hydrogens is 353 g/mol. The topological polar surface area (TPSA) is 64.4 Å². The molecule has 4 nitrogen and oxygen atoms in total. The van der Waals surface area contributed by atoms with Crippen molar-refractivity contribution in [3.8, 4) is 5.75 Å². The predicted octanol–water partition coefficient (Wildman–Crippen LogP) is 3.41. The molecule has 0 bridgehead atoms. The summed E-state index contributed by atoms with van der Waals surface area (Å²) in [5, 5.41) is 2.60. The third-order valence-corrected chi connectivity index (χ3v) is 3.71. The molecule has 0 saturated heterocycles. The number of ether oxygens (including phenoxy) is 1. The predicted molar refractivity (Wildman–Crippen MR) is 74.8 cm³/mol. The molecule has 1 aliphatic rings. The summed E-state index contributed by atoms with van der Waals surface area (Å²) in [4.78, 5) is 11.8. The summed E-state index contributed by atoms with van der Waals surface area (Å²) in [6.45, 7) is 0. The molecular formula is C13H14BrF3N2O2. The first kappa shape index (κ1) is 16.1. The van der Waals surface area contributed by atoms with Crippen LogP contribution in [0.3, 0.4) is 0 Å². The fraction of sp³-hybridized carbons (Fsp3) is 0.462. The van der Waals surface area contributed by atoms with Crippen LogP contribution in [0.4, 0.5) is 18.9 Å². The SMILES string of the molecule is NC(CC(=O)Nc1ccc(OC(F)(F)F)c(Br)c1)C1CC1. The van der Waals surface area contributed by atoms with Gasteiger partial charge < -0.3 is 15.8 Å². The van der Waals surface area contributed by atoms with Crippen LogP contribution in [0.5, 0.6) is 5.75 Å². The quantitative estimate of drug-likeness (QED) is 0.839. The van der Waals surface area contributed by atoms with Crippen LogP contribution in [0.15, 0.2) is 22.7 Å². The van der Waals surface area contributed by atoms with Gasteiger partial charge in [-0.2, -0.15) is 0 Å². The minimum absolute atomic E-state index is 0.101. The molecule has 0 spiro atoms. The normalized spacial score (nSPS) is 16.4. The molecule has 1 unspecified atom stereocenters. The molecule has 1 amide bonds. The summed E-state index contributed by atoms with van der Waals surface area (Å²) in [6, 6.07) is 3.66. The van der Waals surface area contributed by atoms with Crippen molar-refractivity contribution in [2.45, 2.75) is 31.7 Å². The van der Waals surface area contributed by atoms with Gasteiger partial charge in [-0.1, -0.05) is 0 Å². The number of carbonyl (C=O) groups excluding carboxylic acids is 1. The van der Waals surface area contributed by atoms with Gasteiger partial charge in [0.2, 0.25) is 5.91 Å². The lowest BCUT2D eigenvalue weighted by atomic mass is 10.1. The van der Waals surface area contributed by atoms with E-state index in [0.29, 0.717) is 11.6 Å². The maximum Gasteiger partial charge on any atom is 0.573 e. The molecule has 1 aliphatic carbocycles. The fourth-order valence-corrected chi connectivity index (χ4v) is 2.36. The number of alkyl halides is 3. The van der Waals surface area contributed by atoms with Gasteiger partial charge in [-0.15, -0.1) is 13.2 Å². The van der Waals surface area contributed by atoms with E-state index in [2.05, 4.69) is 26.0 Å². The molecule has 0 aliphatic heterocycles. The maximum atomic E-state index is 12.1. The van der Waals surface area contributed by atoms with E-state index in [1.54, 1.807) is 0 Å². The first-order chi connectivity index (χ1) is 9.74. The van der Waals surface area contributed by atoms with Crippen molar-refractivity contribution in [3.63, 3.8) is 0 Å². The van der Waals surface area contributed by atoms with Gasteiger partial charge in [0.15, 0.2) is 0 Å². The Bertz CT molecular complexity index is 533. The van der Waals surface area contributed by atoms with E-state index < -0.39 is 6.36 Å². The summed E-state index contributed by atoms with van der Waals surface area (Å²) in [5.41, 5.74) is 6.22. The Kier molecular flexibility index (Phi) is 4.77. The number of rotatable bonds is 5. The summed E-state index contributed by atoms with van der Waals surface area (Å²) in [5.74, 6) is -0.217. The highest BCUT2D eigenvalue weighted by molar-refractivity contribution is 9.10. The Morgan fingerprint density at radius 1 is 1.48 bits per heavy atom. The van der Waals surface area contributed by atoms with Crippen molar-refractivity contribution in [3.05, 3.63) is 22.7 Å². The minimum atomic E-state index is -4.76. The molecule has 21 heavy (non-hydrogen) atoms. The maximum absolute atomic E-state index is 12.1. The Hall–Kier alpha value is -1.28. The molecule has 1 saturated carbocycles. The van der Waals surface area contributed by atoms with Crippen LogP contribution in [0, 0.1) is 5.92 Å². The molecule has 116 valence electrons. The summed E-state index contributed by atoms with van der Waals surface area (Å²) in [6.07, 6.45) is -2.47. The van der Waals surface area contributed by atoms with Crippen molar-refractivity contribution in [2.75, 3.05) is 5.32 Å². The van der Waals surface area contributed by atoms with Crippen LogP contribution in [0.2, 0.25) is 0 Å². The van der Waals surface area contributed by atoms with E-state index in [1.165, 1.54) is 12.1 Å². The van der Waals surface area contributed by atoms with Crippen molar-refractivity contribution in [1.29, 1.82) is 0 Å². The fourth-order valence-electron chi connectivity index (χ4n) is 1.90. The van der Waals surface area contributed by atoms with E-state index in [9.17, 15) is 18.0 Å². The number of hydrogen-bond donors (Lipinski definition) is 2. The molecule has 0 aromatic heterocycles. The smallest absolute Gasteiger partial charge is 0.405 e. The zero-order valence-corrected chi connectivity index (χ0v) is 12.5. The summed E-state index contributed by atoms with van der Waals surface area (Å²) < 4.78 is 40.3. The molecule has 1 aromatic rings.